The summed E-state index contributed by atoms with van der Waals surface area (Å²) >= 11 is 0. The van der Waals surface area contributed by atoms with Gasteiger partial charge in [-0.25, -0.2) is 9.18 Å². The molecule has 0 unspecified atom stereocenters. The number of benzene rings is 1. The second-order valence-corrected chi connectivity index (χ2v) is 4.94. The summed E-state index contributed by atoms with van der Waals surface area (Å²) in [7, 11) is 0. The smallest absolute Gasteiger partial charge is 0.407 e. The highest BCUT2D eigenvalue weighted by Gasteiger charge is 2.15. The summed E-state index contributed by atoms with van der Waals surface area (Å²) in [4.78, 5) is 11.4. The van der Waals surface area contributed by atoms with E-state index in [-0.39, 0.29) is 18.7 Å². The predicted octanol–water partition coefficient (Wildman–Crippen LogP) is 2.34. The number of hydrogen-bond acceptors (Lipinski definition) is 3. The predicted molar refractivity (Wildman–Crippen MR) is 65.4 cm³/mol. The Labute approximate surface area is 106 Å². The third-order valence-corrected chi connectivity index (χ3v) is 2.12. The molecule has 1 aromatic rings. The van der Waals surface area contributed by atoms with Crippen molar-refractivity contribution in [2.45, 2.75) is 39.5 Å². The fraction of sp³-hybridized carbons (Fsp3) is 0.462. The van der Waals surface area contributed by atoms with Crippen LogP contribution in [0, 0.1) is 5.82 Å². The van der Waals surface area contributed by atoms with Crippen molar-refractivity contribution in [1.82, 2.24) is 5.32 Å². The first kappa shape index (κ1) is 14.4. The van der Waals surface area contributed by atoms with Crippen LogP contribution in [0.4, 0.5) is 9.18 Å². The van der Waals surface area contributed by atoms with E-state index in [9.17, 15) is 9.18 Å². The van der Waals surface area contributed by atoms with Crippen LogP contribution in [0.3, 0.4) is 0 Å². The standard InChI is InChI=1S/C13H18FNO3/c1-13(2,3)18-12(17)15-7-9-4-5-11(14)10(6-9)8-16/h4-6,16H,7-8H2,1-3H3,(H,15,17). The van der Waals surface area contributed by atoms with Crippen LogP contribution in [0.5, 0.6) is 0 Å². The SMILES string of the molecule is CC(C)(C)OC(=O)NCc1ccc(F)c(CO)c1. The summed E-state index contributed by atoms with van der Waals surface area (Å²) in [5.41, 5.74) is 0.355. The molecular weight excluding hydrogens is 237 g/mol. The molecule has 0 atom stereocenters. The topological polar surface area (TPSA) is 58.6 Å². The van der Waals surface area contributed by atoms with E-state index in [4.69, 9.17) is 9.84 Å². The monoisotopic (exact) mass is 255 g/mol. The molecule has 4 nitrogen and oxygen atoms in total. The van der Waals surface area contributed by atoms with E-state index in [0.29, 0.717) is 5.56 Å². The van der Waals surface area contributed by atoms with Crippen LogP contribution in [0.25, 0.3) is 0 Å². The Hall–Kier alpha value is -1.62. The van der Waals surface area contributed by atoms with Gasteiger partial charge in [-0.05, 0) is 38.5 Å². The molecule has 0 spiro atoms. The second-order valence-electron chi connectivity index (χ2n) is 4.94. The number of amides is 1. The zero-order chi connectivity index (χ0) is 13.8. The molecule has 0 aliphatic heterocycles. The fourth-order valence-corrected chi connectivity index (χ4v) is 1.35. The number of nitrogens with one attached hydrogen (secondary N) is 1. The molecule has 0 bridgehead atoms. The van der Waals surface area contributed by atoms with Crippen molar-refractivity contribution in [2.75, 3.05) is 0 Å². The van der Waals surface area contributed by atoms with Crippen molar-refractivity contribution in [3.63, 3.8) is 0 Å². The highest BCUT2D eigenvalue weighted by molar-refractivity contribution is 5.67. The molecular formula is C13H18FNO3. The normalized spacial score (nSPS) is 11.2. The molecule has 0 radical (unpaired) electrons. The van der Waals surface area contributed by atoms with E-state index in [1.54, 1.807) is 26.8 Å². The van der Waals surface area contributed by atoms with Gasteiger partial charge in [-0.3, -0.25) is 0 Å². The number of rotatable bonds is 3. The average molecular weight is 255 g/mol. The lowest BCUT2D eigenvalue weighted by Crippen LogP contribution is -2.32. The molecule has 18 heavy (non-hydrogen) atoms. The van der Waals surface area contributed by atoms with Crippen molar-refractivity contribution >= 4 is 6.09 Å². The minimum atomic E-state index is -0.552. The number of carbonyl (C=O) groups excluding carboxylic acids is 1. The van der Waals surface area contributed by atoms with Gasteiger partial charge in [-0.15, -0.1) is 0 Å². The van der Waals surface area contributed by atoms with Gasteiger partial charge in [0.05, 0.1) is 6.61 Å². The fourth-order valence-electron chi connectivity index (χ4n) is 1.35. The van der Waals surface area contributed by atoms with Crippen LogP contribution in [-0.2, 0) is 17.9 Å². The lowest BCUT2D eigenvalue weighted by Gasteiger charge is -2.19. The summed E-state index contributed by atoms with van der Waals surface area (Å²) in [5.74, 6) is -0.460. The van der Waals surface area contributed by atoms with E-state index in [1.807, 2.05) is 0 Å². The lowest BCUT2D eigenvalue weighted by atomic mass is 10.1. The van der Waals surface area contributed by atoms with E-state index in [0.717, 1.165) is 0 Å². The molecule has 1 rings (SSSR count). The Morgan fingerprint density at radius 2 is 2.11 bits per heavy atom. The largest absolute Gasteiger partial charge is 0.444 e. The van der Waals surface area contributed by atoms with Gasteiger partial charge in [0.25, 0.3) is 0 Å². The van der Waals surface area contributed by atoms with Crippen molar-refractivity contribution in [1.29, 1.82) is 0 Å². The first-order valence-corrected chi connectivity index (χ1v) is 5.67. The van der Waals surface area contributed by atoms with E-state index < -0.39 is 17.5 Å². The van der Waals surface area contributed by atoms with Crippen LogP contribution >= 0.6 is 0 Å². The van der Waals surface area contributed by atoms with Crippen molar-refractivity contribution in [3.05, 3.63) is 35.1 Å². The second kappa shape index (κ2) is 5.82. The molecule has 100 valence electrons. The van der Waals surface area contributed by atoms with Crippen LogP contribution in [0.2, 0.25) is 0 Å². The maximum atomic E-state index is 13.1. The van der Waals surface area contributed by atoms with Crippen molar-refractivity contribution in [3.8, 4) is 0 Å². The Morgan fingerprint density at radius 1 is 1.44 bits per heavy atom. The maximum absolute atomic E-state index is 13.1. The number of aliphatic hydroxyl groups excluding tert-OH is 1. The minimum Gasteiger partial charge on any atom is -0.444 e. The van der Waals surface area contributed by atoms with Crippen LogP contribution in [0.15, 0.2) is 18.2 Å². The summed E-state index contributed by atoms with van der Waals surface area (Å²) < 4.78 is 18.2. The third-order valence-electron chi connectivity index (χ3n) is 2.12. The number of aliphatic hydroxyl groups is 1. The molecule has 0 aliphatic rings. The number of ether oxygens (including phenoxy) is 1. The third kappa shape index (κ3) is 4.71. The Morgan fingerprint density at radius 3 is 2.67 bits per heavy atom. The molecule has 0 fully saturated rings. The van der Waals surface area contributed by atoms with E-state index >= 15 is 0 Å². The van der Waals surface area contributed by atoms with Gasteiger partial charge in [0, 0.05) is 12.1 Å². The molecule has 0 aromatic heterocycles. The quantitative estimate of drug-likeness (QED) is 0.871. The summed E-state index contributed by atoms with van der Waals surface area (Å²) in [5, 5.41) is 11.5. The average Bonchev–Trinajstić information content (AvgIpc) is 2.25. The van der Waals surface area contributed by atoms with Gasteiger partial charge < -0.3 is 15.2 Å². The molecule has 1 amide bonds. The Balaban J connectivity index is 2.56. The summed E-state index contributed by atoms with van der Waals surface area (Å²) in [6, 6.07) is 4.32. The summed E-state index contributed by atoms with van der Waals surface area (Å²) in [6.07, 6.45) is -0.530. The van der Waals surface area contributed by atoms with Crippen molar-refractivity contribution < 1.29 is 19.0 Å². The first-order valence-electron chi connectivity index (χ1n) is 5.67. The molecule has 2 N–H and O–H groups in total. The van der Waals surface area contributed by atoms with Gasteiger partial charge in [0.2, 0.25) is 0 Å². The number of halogens is 1. The van der Waals surface area contributed by atoms with Crippen LogP contribution in [0.1, 0.15) is 31.9 Å². The van der Waals surface area contributed by atoms with Crippen LogP contribution in [-0.4, -0.2) is 16.8 Å². The lowest BCUT2D eigenvalue weighted by molar-refractivity contribution is 0.0523. The molecule has 0 heterocycles. The van der Waals surface area contributed by atoms with Gasteiger partial charge >= 0.3 is 6.09 Å². The molecule has 5 heteroatoms. The van der Waals surface area contributed by atoms with E-state index in [1.165, 1.54) is 12.1 Å². The maximum Gasteiger partial charge on any atom is 0.407 e. The van der Waals surface area contributed by atoms with Gasteiger partial charge in [-0.2, -0.15) is 0 Å². The van der Waals surface area contributed by atoms with E-state index in [2.05, 4.69) is 5.32 Å². The minimum absolute atomic E-state index is 0.207. The summed E-state index contributed by atoms with van der Waals surface area (Å²) in [6.45, 7) is 5.17. The highest BCUT2D eigenvalue weighted by atomic mass is 19.1. The zero-order valence-corrected chi connectivity index (χ0v) is 10.8. The zero-order valence-electron chi connectivity index (χ0n) is 10.8. The van der Waals surface area contributed by atoms with Gasteiger partial charge in [-0.1, -0.05) is 6.07 Å². The Bertz CT molecular complexity index is 427. The molecule has 0 saturated heterocycles. The van der Waals surface area contributed by atoms with Gasteiger partial charge in [0.1, 0.15) is 11.4 Å². The highest BCUT2D eigenvalue weighted by Crippen LogP contribution is 2.11. The number of hydrogen-bond donors (Lipinski definition) is 2. The number of carbonyl (C=O) groups is 1. The first-order chi connectivity index (χ1) is 8.31. The van der Waals surface area contributed by atoms with Crippen molar-refractivity contribution in [2.24, 2.45) is 0 Å². The molecule has 0 saturated carbocycles. The molecule has 1 aromatic carbocycles. The van der Waals surface area contributed by atoms with Gasteiger partial charge in [0.15, 0.2) is 0 Å². The Kier molecular flexibility index (Phi) is 4.67. The van der Waals surface area contributed by atoms with Crippen LogP contribution < -0.4 is 5.32 Å². The molecule has 0 aliphatic carbocycles. The number of alkyl carbamates (subject to hydrolysis) is 1.